The number of hydrogen-bond donors (Lipinski definition) is 1. The summed E-state index contributed by atoms with van der Waals surface area (Å²) in [6.07, 6.45) is 2.57. The molecule has 1 aromatic heterocycles. The SMILES string of the molecule is CNC1CCN(C(C)c2cccs2)CC1.Cl. The minimum absolute atomic E-state index is 0. The van der Waals surface area contributed by atoms with Crippen molar-refractivity contribution in [3.63, 3.8) is 0 Å². The fourth-order valence-corrected chi connectivity index (χ4v) is 3.10. The highest BCUT2D eigenvalue weighted by Crippen LogP contribution is 2.27. The molecule has 0 aliphatic carbocycles. The molecule has 0 saturated carbocycles. The molecule has 1 aromatic rings. The third kappa shape index (κ3) is 3.20. The molecule has 1 fully saturated rings. The van der Waals surface area contributed by atoms with Crippen LogP contribution in [0.1, 0.15) is 30.7 Å². The fraction of sp³-hybridized carbons (Fsp3) is 0.667. The van der Waals surface area contributed by atoms with Crippen molar-refractivity contribution in [1.29, 1.82) is 0 Å². The molecule has 0 aromatic carbocycles. The van der Waals surface area contributed by atoms with E-state index in [1.807, 2.05) is 11.3 Å². The minimum Gasteiger partial charge on any atom is -0.317 e. The Morgan fingerprint density at radius 3 is 2.62 bits per heavy atom. The molecule has 1 aliphatic rings. The molecule has 0 amide bonds. The third-order valence-electron chi connectivity index (χ3n) is 3.44. The van der Waals surface area contributed by atoms with Gasteiger partial charge in [-0.15, -0.1) is 23.7 Å². The largest absolute Gasteiger partial charge is 0.317 e. The van der Waals surface area contributed by atoms with E-state index >= 15 is 0 Å². The van der Waals surface area contributed by atoms with Gasteiger partial charge in [0.05, 0.1) is 0 Å². The normalized spacial score (nSPS) is 20.4. The molecule has 0 spiro atoms. The first kappa shape index (κ1) is 14.0. The zero-order valence-corrected chi connectivity index (χ0v) is 11.6. The van der Waals surface area contributed by atoms with Gasteiger partial charge in [0.1, 0.15) is 0 Å². The van der Waals surface area contributed by atoms with Gasteiger partial charge in [-0.05, 0) is 38.3 Å². The lowest BCUT2D eigenvalue weighted by atomic mass is 10.0. The van der Waals surface area contributed by atoms with Crippen LogP contribution in [0.25, 0.3) is 0 Å². The monoisotopic (exact) mass is 260 g/mol. The predicted molar refractivity (Wildman–Crippen MR) is 73.6 cm³/mol. The maximum atomic E-state index is 3.37. The number of nitrogens with zero attached hydrogens (tertiary/aromatic N) is 1. The van der Waals surface area contributed by atoms with E-state index in [0.717, 1.165) is 6.04 Å². The summed E-state index contributed by atoms with van der Waals surface area (Å²) in [4.78, 5) is 4.09. The van der Waals surface area contributed by atoms with Gasteiger partial charge in [-0.2, -0.15) is 0 Å². The van der Waals surface area contributed by atoms with Gasteiger partial charge in [0.15, 0.2) is 0 Å². The van der Waals surface area contributed by atoms with Crippen LogP contribution in [-0.2, 0) is 0 Å². The van der Waals surface area contributed by atoms with Crippen LogP contribution in [0.3, 0.4) is 0 Å². The average Bonchev–Trinajstić information content (AvgIpc) is 2.82. The topological polar surface area (TPSA) is 15.3 Å². The van der Waals surface area contributed by atoms with Gasteiger partial charge in [0.2, 0.25) is 0 Å². The molecule has 1 atom stereocenters. The van der Waals surface area contributed by atoms with Crippen LogP contribution in [-0.4, -0.2) is 31.1 Å². The standard InChI is InChI=1S/C12H20N2S.ClH/c1-10(12-4-3-9-15-12)14-7-5-11(13-2)6-8-14;/h3-4,9-11,13H,5-8H2,1-2H3;1H. The van der Waals surface area contributed by atoms with Crippen LogP contribution < -0.4 is 5.32 Å². The number of likely N-dealkylation sites (tertiary alicyclic amines) is 1. The smallest absolute Gasteiger partial charge is 0.0413 e. The predicted octanol–water partition coefficient (Wildman–Crippen LogP) is 2.91. The summed E-state index contributed by atoms with van der Waals surface area (Å²) in [6.45, 7) is 4.78. The van der Waals surface area contributed by atoms with Crippen LogP contribution in [0.5, 0.6) is 0 Å². The van der Waals surface area contributed by atoms with Crippen molar-refractivity contribution in [2.24, 2.45) is 0 Å². The van der Waals surface area contributed by atoms with Gasteiger partial charge in [0.25, 0.3) is 0 Å². The molecule has 2 heterocycles. The number of halogens is 1. The molecule has 1 unspecified atom stereocenters. The minimum atomic E-state index is 0. The highest BCUT2D eigenvalue weighted by atomic mass is 35.5. The van der Waals surface area contributed by atoms with Crippen LogP contribution >= 0.6 is 23.7 Å². The second kappa shape index (κ2) is 6.60. The molecule has 2 rings (SSSR count). The maximum absolute atomic E-state index is 3.37. The lowest BCUT2D eigenvalue weighted by Crippen LogP contribution is -2.41. The van der Waals surface area contributed by atoms with E-state index in [2.05, 4.69) is 41.7 Å². The van der Waals surface area contributed by atoms with Crippen LogP contribution in [0, 0.1) is 0 Å². The summed E-state index contributed by atoms with van der Waals surface area (Å²) in [6, 6.07) is 5.73. The quantitative estimate of drug-likeness (QED) is 0.899. The van der Waals surface area contributed by atoms with E-state index in [1.54, 1.807) is 0 Å². The molecule has 16 heavy (non-hydrogen) atoms. The molecule has 0 radical (unpaired) electrons. The summed E-state index contributed by atoms with van der Waals surface area (Å²) in [5, 5.41) is 5.55. The van der Waals surface area contributed by atoms with Crippen LogP contribution in [0.4, 0.5) is 0 Å². The first-order valence-corrected chi connectivity index (χ1v) is 6.64. The van der Waals surface area contributed by atoms with Crippen molar-refractivity contribution in [2.75, 3.05) is 20.1 Å². The highest BCUT2D eigenvalue weighted by Gasteiger charge is 2.22. The van der Waals surface area contributed by atoms with Crippen molar-refractivity contribution in [3.05, 3.63) is 22.4 Å². The third-order valence-corrected chi connectivity index (χ3v) is 4.48. The average molecular weight is 261 g/mol. The number of piperidine rings is 1. The van der Waals surface area contributed by atoms with Gasteiger partial charge in [-0.3, -0.25) is 4.90 Å². The Labute approximate surface area is 108 Å². The molecule has 1 saturated heterocycles. The van der Waals surface area contributed by atoms with Crippen molar-refractivity contribution in [3.8, 4) is 0 Å². The van der Waals surface area contributed by atoms with E-state index in [-0.39, 0.29) is 12.4 Å². The molecular weight excluding hydrogens is 240 g/mol. The fourth-order valence-electron chi connectivity index (χ4n) is 2.28. The van der Waals surface area contributed by atoms with Crippen molar-refractivity contribution in [1.82, 2.24) is 10.2 Å². The molecule has 1 N–H and O–H groups in total. The van der Waals surface area contributed by atoms with E-state index in [4.69, 9.17) is 0 Å². The molecule has 92 valence electrons. The Morgan fingerprint density at radius 1 is 1.44 bits per heavy atom. The Hall–Kier alpha value is -0.0900. The van der Waals surface area contributed by atoms with Crippen LogP contribution in [0.2, 0.25) is 0 Å². The van der Waals surface area contributed by atoms with Crippen molar-refractivity contribution < 1.29 is 0 Å². The van der Waals surface area contributed by atoms with E-state index < -0.39 is 0 Å². The summed E-state index contributed by atoms with van der Waals surface area (Å²) in [5.41, 5.74) is 0. The number of hydrogen-bond acceptors (Lipinski definition) is 3. The first-order chi connectivity index (χ1) is 7.31. The van der Waals surface area contributed by atoms with Crippen molar-refractivity contribution >= 4 is 23.7 Å². The van der Waals surface area contributed by atoms with Crippen molar-refractivity contribution in [2.45, 2.75) is 31.8 Å². The second-order valence-electron chi connectivity index (χ2n) is 4.29. The summed E-state index contributed by atoms with van der Waals surface area (Å²) < 4.78 is 0. The van der Waals surface area contributed by atoms with E-state index in [1.165, 1.54) is 30.8 Å². The number of rotatable bonds is 3. The number of thiophene rings is 1. The summed E-state index contributed by atoms with van der Waals surface area (Å²) in [7, 11) is 2.07. The van der Waals surface area contributed by atoms with Crippen LogP contribution in [0.15, 0.2) is 17.5 Å². The summed E-state index contributed by atoms with van der Waals surface area (Å²) >= 11 is 1.87. The van der Waals surface area contributed by atoms with Gasteiger partial charge < -0.3 is 5.32 Å². The molecule has 2 nitrogen and oxygen atoms in total. The zero-order valence-electron chi connectivity index (χ0n) is 9.98. The Kier molecular flexibility index (Phi) is 5.76. The van der Waals surface area contributed by atoms with Gasteiger partial charge >= 0.3 is 0 Å². The second-order valence-corrected chi connectivity index (χ2v) is 5.27. The van der Waals surface area contributed by atoms with E-state index in [0.29, 0.717) is 6.04 Å². The van der Waals surface area contributed by atoms with Gasteiger partial charge in [0, 0.05) is 30.1 Å². The molecule has 1 aliphatic heterocycles. The number of nitrogens with one attached hydrogen (secondary N) is 1. The molecular formula is C12H21ClN2S. The lowest BCUT2D eigenvalue weighted by molar-refractivity contribution is 0.157. The first-order valence-electron chi connectivity index (χ1n) is 5.76. The van der Waals surface area contributed by atoms with E-state index in [9.17, 15) is 0 Å². The lowest BCUT2D eigenvalue weighted by Gasteiger charge is -2.35. The summed E-state index contributed by atoms with van der Waals surface area (Å²) in [5.74, 6) is 0. The Morgan fingerprint density at radius 2 is 2.12 bits per heavy atom. The highest BCUT2D eigenvalue weighted by molar-refractivity contribution is 7.10. The zero-order chi connectivity index (χ0) is 10.7. The molecule has 4 heteroatoms. The maximum Gasteiger partial charge on any atom is 0.0413 e. The van der Waals surface area contributed by atoms with Gasteiger partial charge in [-0.1, -0.05) is 6.07 Å². The molecule has 0 bridgehead atoms. The Balaban J connectivity index is 0.00000128. The van der Waals surface area contributed by atoms with Gasteiger partial charge in [-0.25, -0.2) is 0 Å². The Bertz CT molecular complexity index is 281.